The van der Waals surface area contributed by atoms with E-state index in [1.807, 2.05) is 4.90 Å². The maximum Gasteiger partial charge on any atom is 0.260 e. The first-order valence-electron chi connectivity index (χ1n) is 12.6. The molecule has 35 heavy (non-hydrogen) atoms. The summed E-state index contributed by atoms with van der Waals surface area (Å²) in [5, 5.41) is 10.2. The van der Waals surface area contributed by atoms with Gasteiger partial charge < -0.3 is 19.3 Å². The van der Waals surface area contributed by atoms with E-state index in [-0.39, 0.29) is 30.6 Å². The lowest BCUT2D eigenvalue weighted by molar-refractivity contribution is -0.137. The van der Waals surface area contributed by atoms with Crippen LogP contribution in [0, 0.1) is 17.2 Å². The Morgan fingerprint density at radius 1 is 1.31 bits per heavy atom. The molecule has 1 saturated heterocycles. The van der Waals surface area contributed by atoms with Crippen LogP contribution in [-0.4, -0.2) is 59.2 Å². The van der Waals surface area contributed by atoms with Gasteiger partial charge in [-0.3, -0.25) is 9.78 Å². The van der Waals surface area contributed by atoms with Gasteiger partial charge in [-0.15, -0.1) is 0 Å². The van der Waals surface area contributed by atoms with E-state index >= 15 is 0 Å². The second-order valence-corrected chi connectivity index (χ2v) is 10.2. The van der Waals surface area contributed by atoms with Crippen molar-refractivity contribution in [2.75, 3.05) is 31.1 Å². The number of fused-ring (bicyclic) bond motifs is 1. The van der Waals surface area contributed by atoms with Crippen LogP contribution in [0.4, 0.5) is 5.82 Å². The number of pyridine rings is 2. The van der Waals surface area contributed by atoms with Gasteiger partial charge in [0.25, 0.3) is 5.91 Å². The van der Waals surface area contributed by atoms with E-state index in [1.165, 1.54) is 0 Å². The topological polar surface area (TPSA) is 91.6 Å². The van der Waals surface area contributed by atoms with E-state index in [9.17, 15) is 10.1 Å². The quantitative estimate of drug-likeness (QED) is 0.632. The minimum atomic E-state index is -0.0317. The van der Waals surface area contributed by atoms with Gasteiger partial charge in [-0.2, -0.15) is 5.26 Å². The molecule has 3 aliphatic rings. The number of ether oxygens (including phenoxy) is 2. The zero-order valence-electron chi connectivity index (χ0n) is 20.7. The summed E-state index contributed by atoms with van der Waals surface area (Å²) in [6.07, 6.45) is 6.41. The number of nitrogens with zero attached hydrogens (tertiary/aromatic N) is 5. The van der Waals surface area contributed by atoms with E-state index in [0.29, 0.717) is 43.5 Å². The molecule has 0 N–H and O–H groups in total. The van der Waals surface area contributed by atoms with Gasteiger partial charge in [-0.1, -0.05) is 13.8 Å². The van der Waals surface area contributed by atoms with Crippen molar-refractivity contribution < 1.29 is 14.3 Å². The molecule has 0 spiro atoms. The molecule has 2 aromatic rings. The maximum absolute atomic E-state index is 13.1. The van der Waals surface area contributed by atoms with Crippen molar-refractivity contribution >= 4 is 11.7 Å². The van der Waals surface area contributed by atoms with Crippen molar-refractivity contribution in [3.8, 4) is 11.8 Å². The van der Waals surface area contributed by atoms with Crippen molar-refractivity contribution in [2.24, 2.45) is 5.92 Å². The van der Waals surface area contributed by atoms with E-state index < -0.39 is 0 Å². The number of anilines is 1. The second-order valence-electron chi connectivity index (χ2n) is 10.2. The van der Waals surface area contributed by atoms with Crippen LogP contribution in [-0.2, 0) is 22.6 Å². The third kappa shape index (κ3) is 4.83. The predicted molar refractivity (Wildman–Crippen MR) is 131 cm³/mol. The Kier molecular flexibility index (Phi) is 6.61. The normalized spacial score (nSPS) is 22.0. The highest BCUT2D eigenvalue weighted by molar-refractivity contribution is 5.78. The Labute approximate surface area is 206 Å². The first kappa shape index (κ1) is 23.6. The molecule has 1 saturated carbocycles. The number of hydrogen-bond acceptors (Lipinski definition) is 7. The molecule has 2 atom stereocenters. The van der Waals surface area contributed by atoms with Gasteiger partial charge in [0, 0.05) is 43.7 Å². The van der Waals surface area contributed by atoms with Gasteiger partial charge in [-0.25, -0.2) is 4.98 Å². The van der Waals surface area contributed by atoms with Crippen molar-refractivity contribution in [1.29, 1.82) is 5.26 Å². The van der Waals surface area contributed by atoms with E-state index in [2.05, 4.69) is 36.7 Å². The van der Waals surface area contributed by atoms with Crippen LogP contribution < -0.4 is 9.64 Å². The van der Waals surface area contributed by atoms with Gasteiger partial charge in [0.1, 0.15) is 17.6 Å². The molecule has 8 heteroatoms. The van der Waals surface area contributed by atoms with Crippen molar-refractivity contribution in [3.05, 3.63) is 46.9 Å². The third-order valence-electron chi connectivity index (χ3n) is 7.31. The summed E-state index contributed by atoms with van der Waals surface area (Å²) in [7, 11) is 0. The largest absolute Gasteiger partial charge is 0.482 e. The molecule has 2 aromatic heterocycles. The number of carbonyl (C=O) groups excluding carboxylic acids is 1. The lowest BCUT2D eigenvalue weighted by Gasteiger charge is -2.44. The van der Waals surface area contributed by atoms with Gasteiger partial charge in [-0.05, 0) is 43.4 Å². The maximum atomic E-state index is 13.1. The molecule has 1 amide bonds. The fourth-order valence-electron chi connectivity index (χ4n) is 5.22. The first-order valence-corrected chi connectivity index (χ1v) is 12.6. The molecule has 8 nitrogen and oxygen atoms in total. The zero-order chi connectivity index (χ0) is 24.5. The number of nitriles is 1. The highest BCUT2D eigenvalue weighted by Crippen LogP contribution is 2.45. The van der Waals surface area contributed by atoms with Crippen molar-refractivity contribution in [3.63, 3.8) is 0 Å². The summed E-state index contributed by atoms with van der Waals surface area (Å²) in [4.78, 5) is 26.4. The summed E-state index contributed by atoms with van der Waals surface area (Å²) in [5.41, 5.74) is 4.04. The minimum Gasteiger partial charge on any atom is -0.482 e. The predicted octanol–water partition coefficient (Wildman–Crippen LogP) is 3.44. The molecule has 0 aromatic carbocycles. The highest BCUT2D eigenvalue weighted by Gasteiger charge is 2.37. The van der Waals surface area contributed by atoms with Crippen LogP contribution in [0.15, 0.2) is 24.5 Å². The van der Waals surface area contributed by atoms with Crippen molar-refractivity contribution in [2.45, 2.75) is 64.7 Å². The summed E-state index contributed by atoms with van der Waals surface area (Å²) in [5.74, 6) is 2.06. The lowest BCUT2D eigenvalue weighted by Crippen LogP contribution is -2.58. The summed E-state index contributed by atoms with van der Waals surface area (Å²) >= 11 is 0. The van der Waals surface area contributed by atoms with E-state index in [1.54, 1.807) is 24.5 Å². The molecule has 1 aliphatic carbocycles. The highest BCUT2D eigenvalue weighted by atomic mass is 16.5. The smallest absolute Gasteiger partial charge is 0.260 e. The number of hydrogen-bond donors (Lipinski definition) is 0. The Morgan fingerprint density at radius 2 is 2.14 bits per heavy atom. The number of rotatable bonds is 6. The van der Waals surface area contributed by atoms with Crippen LogP contribution in [0.3, 0.4) is 0 Å². The summed E-state index contributed by atoms with van der Waals surface area (Å²) in [6.45, 7) is 8.71. The van der Waals surface area contributed by atoms with Crippen LogP contribution in [0.25, 0.3) is 0 Å². The zero-order valence-corrected chi connectivity index (χ0v) is 20.7. The van der Waals surface area contributed by atoms with Gasteiger partial charge in [0.15, 0.2) is 6.61 Å². The molecule has 2 aliphatic heterocycles. The number of aromatic nitrogens is 2. The molecular weight excluding hydrogens is 442 g/mol. The van der Waals surface area contributed by atoms with Crippen LogP contribution in [0.2, 0.25) is 0 Å². The Morgan fingerprint density at radius 3 is 2.83 bits per heavy atom. The SMILES string of the molecule is CC1Cc2c(C#N)c(N3CCN(C(=O)COc4cccnc4)[C@H](C(C)C)C3)nc(C3CC3)c2CO1. The van der Waals surface area contributed by atoms with Gasteiger partial charge >= 0.3 is 0 Å². The van der Waals surface area contributed by atoms with Crippen LogP contribution >= 0.6 is 0 Å². The average Bonchev–Trinajstić information content (AvgIpc) is 3.72. The Hall–Kier alpha value is -3.18. The first-order chi connectivity index (χ1) is 17.0. The number of amides is 1. The monoisotopic (exact) mass is 475 g/mol. The van der Waals surface area contributed by atoms with Crippen LogP contribution in [0.1, 0.15) is 61.9 Å². The molecule has 4 heterocycles. The van der Waals surface area contributed by atoms with Crippen LogP contribution in [0.5, 0.6) is 5.75 Å². The summed E-state index contributed by atoms with van der Waals surface area (Å²) in [6, 6.07) is 6.07. The van der Waals surface area contributed by atoms with E-state index in [4.69, 9.17) is 14.5 Å². The fraction of sp³-hybridized carbons (Fsp3) is 0.556. The molecular formula is C27H33N5O3. The van der Waals surface area contributed by atoms with Crippen molar-refractivity contribution in [1.82, 2.24) is 14.9 Å². The Bertz CT molecular complexity index is 1130. The number of piperazine rings is 1. The average molecular weight is 476 g/mol. The second kappa shape index (κ2) is 9.82. The standard InChI is InChI=1S/C27H33N5O3/c1-17(2)24-14-31(9-10-32(24)25(33)16-35-20-5-4-8-29-13-20)27-22(12-28)21-11-18(3)34-15-23(21)26(30-27)19-6-7-19/h4-5,8,13,17-19,24H,6-7,9-11,14-16H2,1-3H3/t18?,24-/m0/s1. The Balaban J connectivity index is 1.39. The molecule has 0 bridgehead atoms. The van der Waals surface area contributed by atoms with Gasteiger partial charge in [0.2, 0.25) is 0 Å². The third-order valence-corrected chi connectivity index (χ3v) is 7.31. The molecule has 1 unspecified atom stereocenters. The molecule has 0 radical (unpaired) electrons. The molecule has 184 valence electrons. The molecule has 5 rings (SSSR count). The van der Waals surface area contributed by atoms with Gasteiger partial charge in [0.05, 0.1) is 36.2 Å². The number of carbonyl (C=O) groups is 1. The molecule has 2 fully saturated rings. The fourth-order valence-corrected chi connectivity index (χ4v) is 5.22. The summed E-state index contributed by atoms with van der Waals surface area (Å²) < 4.78 is 11.6. The lowest BCUT2D eigenvalue weighted by atomic mass is 9.92. The minimum absolute atomic E-state index is 0.00440. The van der Waals surface area contributed by atoms with E-state index in [0.717, 1.165) is 41.9 Å².